The van der Waals surface area contributed by atoms with Crippen LogP contribution in [-0.4, -0.2) is 16.2 Å². The van der Waals surface area contributed by atoms with Crippen molar-refractivity contribution >= 4 is 29.2 Å². The van der Waals surface area contributed by atoms with Crippen molar-refractivity contribution in [1.82, 2.24) is 0 Å². The van der Waals surface area contributed by atoms with Crippen LogP contribution in [0.2, 0.25) is 5.02 Å². The Kier molecular flexibility index (Phi) is 4.09. The van der Waals surface area contributed by atoms with Gasteiger partial charge in [0.25, 0.3) is 5.69 Å². The molecule has 0 radical (unpaired) electrons. The smallest absolute Gasteiger partial charge is 0.270 e. The molecule has 0 saturated heterocycles. The number of nitro benzene ring substituents is 1. The summed E-state index contributed by atoms with van der Waals surface area (Å²) in [5.74, 6) is -0.462. The predicted octanol–water partition coefficient (Wildman–Crippen LogP) is 3.09. The summed E-state index contributed by atoms with van der Waals surface area (Å²) in [6.45, 7) is 1.49. The van der Waals surface area contributed by atoms with E-state index in [2.05, 4.69) is 4.99 Å². The summed E-state index contributed by atoms with van der Waals surface area (Å²) in [6.07, 6.45) is 1.17. The van der Waals surface area contributed by atoms with E-state index in [1.165, 1.54) is 37.4 Å². The van der Waals surface area contributed by atoms with E-state index in [1.807, 2.05) is 0 Å². The first kappa shape index (κ1) is 14.8. The van der Waals surface area contributed by atoms with Gasteiger partial charge in [-0.3, -0.25) is 15.1 Å². The molecule has 0 aliphatic rings. The van der Waals surface area contributed by atoms with Gasteiger partial charge in [-0.05, 0) is 30.7 Å². The van der Waals surface area contributed by atoms with Crippen LogP contribution >= 0.6 is 11.6 Å². The summed E-state index contributed by atoms with van der Waals surface area (Å²) in [4.78, 5) is 14.2. The van der Waals surface area contributed by atoms with Gasteiger partial charge in [-0.2, -0.15) is 0 Å². The Morgan fingerprint density at radius 3 is 2.71 bits per heavy atom. The Labute approximate surface area is 125 Å². The Balaban J connectivity index is 2.45. The molecule has 108 valence electrons. The minimum Gasteiger partial charge on any atom is -0.872 e. The minimum atomic E-state index is -0.583. The van der Waals surface area contributed by atoms with Crippen LogP contribution in [0.5, 0.6) is 11.5 Å². The molecular weight excluding hydrogens is 296 g/mol. The molecule has 7 heteroatoms. The van der Waals surface area contributed by atoms with Gasteiger partial charge in [-0.1, -0.05) is 22.9 Å². The van der Waals surface area contributed by atoms with Crippen molar-refractivity contribution in [3.05, 3.63) is 56.6 Å². The predicted molar refractivity (Wildman–Crippen MR) is 77.7 cm³/mol. The highest BCUT2D eigenvalue weighted by Gasteiger charge is 2.09. The molecule has 6 nitrogen and oxygen atoms in total. The van der Waals surface area contributed by atoms with Crippen LogP contribution in [-0.2, 0) is 0 Å². The number of benzene rings is 2. The fourth-order valence-corrected chi connectivity index (χ4v) is 1.89. The third kappa shape index (κ3) is 3.29. The van der Waals surface area contributed by atoms with E-state index in [4.69, 9.17) is 11.6 Å². The molecule has 0 atom stereocenters. The maximum atomic E-state index is 11.9. The molecule has 2 aromatic carbocycles. The van der Waals surface area contributed by atoms with Gasteiger partial charge in [0, 0.05) is 23.4 Å². The van der Waals surface area contributed by atoms with Crippen LogP contribution in [0.4, 0.5) is 11.4 Å². The molecular formula is C14H10ClN2O4-. The van der Waals surface area contributed by atoms with E-state index in [1.54, 1.807) is 0 Å². The van der Waals surface area contributed by atoms with Crippen molar-refractivity contribution < 1.29 is 15.1 Å². The molecule has 2 rings (SSSR count). The van der Waals surface area contributed by atoms with Crippen molar-refractivity contribution in [3.8, 4) is 11.5 Å². The average molecular weight is 306 g/mol. The number of rotatable bonds is 3. The molecule has 1 N–H and O–H groups in total. The Morgan fingerprint density at radius 1 is 1.33 bits per heavy atom. The van der Waals surface area contributed by atoms with Gasteiger partial charge >= 0.3 is 0 Å². The van der Waals surface area contributed by atoms with Crippen molar-refractivity contribution in [3.63, 3.8) is 0 Å². The van der Waals surface area contributed by atoms with E-state index < -0.39 is 4.92 Å². The van der Waals surface area contributed by atoms with Crippen LogP contribution in [0.3, 0.4) is 0 Å². The summed E-state index contributed by atoms with van der Waals surface area (Å²) in [7, 11) is 0. The SMILES string of the molecule is Cc1cc([N+](=O)[O-])cc(C=Nc2cc(Cl)ccc2O)c1[O-]. The molecule has 21 heavy (non-hydrogen) atoms. The fraction of sp³-hybridized carbons (Fsp3) is 0.0714. The Hall–Kier alpha value is -2.60. The second kappa shape index (κ2) is 5.80. The number of nitro groups is 1. The van der Waals surface area contributed by atoms with Crippen LogP contribution in [0.1, 0.15) is 11.1 Å². The van der Waals surface area contributed by atoms with Crippen LogP contribution in [0.25, 0.3) is 0 Å². The molecule has 0 unspecified atom stereocenters. The van der Waals surface area contributed by atoms with E-state index in [0.717, 1.165) is 6.07 Å². The average Bonchev–Trinajstić information content (AvgIpc) is 2.43. The standard InChI is InChI=1S/C14H11ClN2O4/c1-8-4-11(17(20)21)5-9(14(8)19)7-16-12-6-10(15)2-3-13(12)18/h2-7,18-19H,1H3/p-1. The largest absolute Gasteiger partial charge is 0.872 e. The maximum Gasteiger partial charge on any atom is 0.270 e. The number of hydrogen-bond donors (Lipinski definition) is 1. The first-order valence-corrected chi connectivity index (χ1v) is 6.25. The van der Waals surface area contributed by atoms with Gasteiger partial charge in [0.05, 0.1) is 4.92 Å². The van der Waals surface area contributed by atoms with Gasteiger partial charge in [-0.25, -0.2) is 0 Å². The summed E-state index contributed by atoms with van der Waals surface area (Å²) in [6, 6.07) is 6.62. The molecule has 0 bridgehead atoms. The van der Waals surface area contributed by atoms with Gasteiger partial charge < -0.3 is 10.2 Å². The summed E-state index contributed by atoms with van der Waals surface area (Å²) < 4.78 is 0. The molecule has 0 aliphatic carbocycles. The zero-order valence-corrected chi connectivity index (χ0v) is 11.7. The lowest BCUT2D eigenvalue weighted by atomic mass is 10.1. The van der Waals surface area contributed by atoms with Gasteiger partial charge in [0.1, 0.15) is 11.4 Å². The van der Waals surface area contributed by atoms with Crippen molar-refractivity contribution in [2.75, 3.05) is 0 Å². The zero-order chi connectivity index (χ0) is 15.6. The number of phenolic OH excluding ortho intramolecular Hbond substituents is 1. The molecule has 0 saturated carbocycles. The summed E-state index contributed by atoms with van der Waals surface area (Å²) >= 11 is 5.79. The second-order valence-corrected chi connectivity index (χ2v) is 4.77. The van der Waals surface area contributed by atoms with E-state index in [9.17, 15) is 20.3 Å². The first-order chi connectivity index (χ1) is 9.88. The molecule has 0 aromatic heterocycles. The topological polar surface area (TPSA) is 98.8 Å². The number of hydrogen-bond acceptors (Lipinski definition) is 5. The third-order valence-corrected chi connectivity index (χ3v) is 3.01. The number of phenols is 1. The fourth-order valence-electron chi connectivity index (χ4n) is 1.72. The lowest BCUT2D eigenvalue weighted by Crippen LogP contribution is -2.01. The number of aliphatic imine (C=N–C) groups is 1. The zero-order valence-electron chi connectivity index (χ0n) is 10.9. The molecule has 2 aromatic rings. The summed E-state index contributed by atoms with van der Waals surface area (Å²) in [5, 5.41) is 32.7. The van der Waals surface area contributed by atoms with Crippen LogP contribution in [0, 0.1) is 17.0 Å². The number of non-ortho nitro benzene ring substituents is 1. The Morgan fingerprint density at radius 2 is 2.05 bits per heavy atom. The van der Waals surface area contributed by atoms with Crippen LogP contribution < -0.4 is 5.11 Å². The number of aromatic hydroxyl groups is 1. The third-order valence-electron chi connectivity index (χ3n) is 2.78. The molecule has 0 aliphatic heterocycles. The number of nitrogens with zero attached hydrogens (tertiary/aromatic N) is 2. The van der Waals surface area contributed by atoms with Crippen molar-refractivity contribution in [1.29, 1.82) is 0 Å². The van der Waals surface area contributed by atoms with Crippen molar-refractivity contribution in [2.24, 2.45) is 4.99 Å². The lowest BCUT2D eigenvalue weighted by Gasteiger charge is -2.13. The second-order valence-electron chi connectivity index (χ2n) is 4.33. The van der Waals surface area contributed by atoms with E-state index >= 15 is 0 Å². The van der Waals surface area contributed by atoms with E-state index in [0.29, 0.717) is 5.02 Å². The van der Waals surface area contributed by atoms with E-state index in [-0.39, 0.29) is 34.0 Å². The summed E-state index contributed by atoms with van der Waals surface area (Å²) in [5.41, 5.74) is 0.303. The molecule has 0 fully saturated rings. The van der Waals surface area contributed by atoms with Crippen LogP contribution in [0.15, 0.2) is 35.3 Å². The quantitative estimate of drug-likeness (QED) is 0.535. The monoisotopic (exact) mass is 305 g/mol. The first-order valence-electron chi connectivity index (χ1n) is 5.87. The number of halogens is 1. The lowest BCUT2D eigenvalue weighted by molar-refractivity contribution is -0.385. The minimum absolute atomic E-state index is 0.0704. The van der Waals surface area contributed by atoms with Crippen molar-refractivity contribution in [2.45, 2.75) is 6.92 Å². The van der Waals surface area contributed by atoms with Gasteiger partial charge in [-0.15, -0.1) is 0 Å². The number of aryl methyl sites for hydroxylation is 1. The molecule has 0 spiro atoms. The Bertz CT molecular complexity index is 744. The molecule has 0 heterocycles. The molecule has 0 amide bonds. The maximum absolute atomic E-state index is 11.9. The highest BCUT2D eigenvalue weighted by Crippen LogP contribution is 2.30. The normalized spacial score (nSPS) is 11.0. The van der Waals surface area contributed by atoms with Gasteiger partial charge in [0.15, 0.2) is 0 Å². The van der Waals surface area contributed by atoms with Gasteiger partial charge in [0.2, 0.25) is 0 Å². The highest BCUT2D eigenvalue weighted by atomic mass is 35.5. The highest BCUT2D eigenvalue weighted by molar-refractivity contribution is 6.30.